The molecule has 0 aliphatic heterocycles. The van der Waals surface area contributed by atoms with Crippen molar-refractivity contribution in [2.24, 2.45) is 0 Å². The summed E-state index contributed by atoms with van der Waals surface area (Å²) >= 11 is 10.7. The van der Waals surface area contributed by atoms with Crippen LogP contribution in [0.3, 0.4) is 0 Å². The molecule has 0 atom stereocenters. The third-order valence-corrected chi connectivity index (χ3v) is 12.0. The van der Waals surface area contributed by atoms with E-state index >= 15 is 9.59 Å². The van der Waals surface area contributed by atoms with Crippen molar-refractivity contribution >= 4 is 66.3 Å². The smallest absolute Gasteiger partial charge is 0.256 e. The predicted molar refractivity (Wildman–Crippen MR) is 211 cm³/mol. The van der Waals surface area contributed by atoms with Gasteiger partial charge in [-0.15, -0.1) is 22.7 Å². The molecule has 0 spiro atoms. The number of hydrogen-bond donors (Lipinski definition) is 0. The van der Waals surface area contributed by atoms with Crippen LogP contribution in [0, 0.1) is 0 Å². The first-order valence-electron chi connectivity index (χ1n) is 18.2. The maximum absolute atomic E-state index is 15.1. The van der Waals surface area contributed by atoms with Gasteiger partial charge in [0.05, 0.1) is 39.8 Å². The standard InChI is InChI=1S/C38H57Br2N3O2S2/c1-6-11-16-17-18-19-28-43-35(29-20-22-31(39)46-29)33(37(44)41(24-12-7-2)25-13-8-3)34(36(43)30-21-23-32(40)47-30)38(45)42(26-14-9-4)27-15-10-5/h20-23H,6-19,24-28H2,1-5H3. The maximum atomic E-state index is 15.1. The normalized spacial score (nSPS) is 11.4. The summed E-state index contributed by atoms with van der Waals surface area (Å²) in [4.78, 5) is 36.4. The first-order valence-corrected chi connectivity index (χ1v) is 21.4. The summed E-state index contributed by atoms with van der Waals surface area (Å²) < 4.78 is 4.40. The molecule has 0 aromatic carbocycles. The molecule has 0 aliphatic carbocycles. The highest BCUT2D eigenvalue weighted by atomic mass is 79.9. The van der Waals surface area contributed by atoms with Crippen molar-refractivity contribution in [3.8, 4) is 21.1 Å². The van der Waals surface area contributed by atoms with E-state index in [1.807, 2.05) is 9.80 Å². The third kappa shape index (κ3) is 11.3. The van der Waals surface area contributed by atoms with Crippen LogP contribution in [0.2, 0.25) is 0 Å². The number of amides is 2. The molecule has 262 valence electrons. The van der Waals surface area contributed by atoms with E-state index in [1.165, 1.54) is 25.7 Å². The van der Waals surface area contributed by atoms with Crippen LogP contribution >= 0.6 is 54.5 Å². The largest absolute Gasteiger partial charge is 0.339 e. The SMILES string of the molecule is CCCCCCCCn1c(-c2ccc(Br)s2)c(C(=O)N(CCCC)CCCC)c(C(=O)N(CCCC)CCCC)c1-c1ccc(Br)s1. The monoisotopic (exact) mass is 809 g/mol. The molecule has 0 fully saturated rings. The van der Waals surface area contributed by atoms with Crippen LogP contribution in [-0.2, 0) is 6.54 Å². The second-order valence-corrected chi connectivity index (χ2v) is 17.5. The Kier molecular flexibility index (Phi) is 18.4. The Bertz CT molecular complexity index is 1270. The van der Waals surface area contributed by atoms with E-state index in [-0.39, 0.29) is 11.8 Å². The number of carbonyl (C=O) groups excluding carboxylic acids is 2. The molecule has 0 bridgehead atoms. The minimum absolute atomic E-state index is 0.000673. The van der Waals surface area contributed by atoms with Crippen molar-refractivity contribution in [2.45, 2.75) is 131 Å². The van der Waals surface area contributed by atoms with E-state index < -0.39 is 0 Å². The molecule has 0 saturated heterocycles. The summed E-state index contributed by atoms with van der Waals surface area (Å²) in [6.07, 6.45) is 14.9. The molecular formula is C38H57Br2N3O2S2. The van der Waals surface area contributed by atoms with Gasteiger partial charge in [-0.1, -0.05) is 92.4 Å². The van der Waals surface area contributed by atoms with Crippen LogP contribution in [0.4, 0.5) is 0 Å². The van der Waals surface area contributed by atoms with Gasteiger partial charge in [-0.25, -0.2) is 0 Å². The number of rotatable bonds is 23. The van der Waals surface area contributed by atoms with Crippen molar-refractivity contribution in [3.63, 3.8) is 0 Å². The molecule has 9 heteroatoms. The average Bonchev–Trinajstić information content (AvgIpc) is 3.78. The summed E-state index contributed by atoms with van der Waals surface area (Å²) in [5.74, 6) is -0.00135. The molecule has 0 radical (unpaired) electrons. The first-order chi connectivity index (χ1) is 22.8. The zero-order valence-electron chi connectivity index (χ0n) is 29.5. The summed E-state index contributed by atoms with van der Waals surface area (Å²) in [7, 11) is 0. The molecule has 3 heterocycles. The van der Waals surface area contributed by atoms with Gasteiger partial charge in [0.15, 0.2) is 0 Å². The van der Waals surface area contributed by atoms with Crippen LogP contribution in [0.15, 0.2) is 31.8 Å². The van der Waals surface area contributed by atoms with E-state index in [0.717, 1.165) is 99.5 Å². The highest BCUT2D eigenvalue weighted by Gasteiger charge is 2.37. The molecule has 3 rings (SSSR count). The summed E-state index contributed by atoms with van der Waals surface area (Å²) in [5.41, 5.74) is 3.01. The molecule has 2 amide bonds. The van der Waals surface area contributed by atoms with Crippen LogP contribution in [0.1, 0.15) is 145 Å². The van der Waals surface area contributed by atoms with Gasteiger partial charge in [0.2, 0.25) is 0 Å². The molecule has 0 saturated carbocycles. The number of thiophene rings is 2. The molecule has 0 aliphatic rings. The molecule has 47 heavy (non-hydrogen) atoms. The van der Waals surface area contributed by atoms with Gasteiger partial charge in [0.25, 0.3) is 11.8 Å². The minimum Gasteiger partial charge on any atom is -0.339 e. The van der Waals surface area contributed by atoms with Crippen LogP contribution in [-0.4, -0.2) is 52.4 Å². The number of halogens is 2. The van der Waals surface area contributed by atoms with Crippen molar-refractivity contribution < 1.29 is 9.59 Å². The van der Waals surface area contributed by atoms with Crippen LogP contribution in [0.5, 0.6) is 0 Å². The number of carbonyl (C=O) groups is 2. The number of aromatic nitrogens is 1. The van der Waals surface area contributed by atoms with Crippen molar-refractivity contribution in [2.75, 3.05) is 26.2 Å². The lowest BCUT2D eigenvalue weighted by atomic mass is 10.0. The van der Waals surface area contributed by atoms with Crippen LogP contribution < -0.4 is 0 Å². The Morgan fingerprint density at radius 3 is 1.26 bits per heavy atom. The Balaban J connectivity index is 2.38. The highest BCUT2D eigenvalue weighted by molar-refractivity contribution is 9.11. The van der Waals surface area contributed by atoms with Gasteiger partial charge in [-0.3, -0.25) is 9.59 Å². The quantitative estimate of drug-likeness (QED) is 0.0896. The van der Waals surface area contributed by atoms with Crippen LogP contribution in [0.25, 0.3) is 21.1 Å². The fourth-order valence-electron chi connectivity index (χ4n) is 6.05. The van der Waals surface area contributed by atoms with Gasteiger partial charge in [0, 0.05) is 32.7 Å². The first kappa shape index (κ1) is 40.0. The van der Waals surface area contributed by atoms with Crippen molar-refractivity contribution in [3.05, 3.63) is 43.0 Å². The average molecular weight is 812 g/mol. The van der Waals surface area contributed by atoms with E-state index in [4.69, 9.17) is 0 Å². The highest BCUT2D eigenvalue weighted by Crippen LogP contribution is 2.45. The van der Waals surface area contributed by atoms with E-state index in [2.05, 4.69) is 95.3 Å². The molecular weight excluding hydrogens is 754 g/mol. The summed E-state index contributed by atoms with van der Waals surface area (Å²) in [5, 5.41) is 0. The van der Waals surface area contributed by atoms with E-state index in [1.54, 1.807) is 22.7 Å². The van der Waals surface area contributed by atoms with Gasteiger partial charge in [-0.05, 0) is 88.2 Å². The second kappa shape index (κ2) is 21.6. The number of unbranched alkanes of at least 4 members (excludes halogenated alkanes) is 9. The third-order valence-electron chi connectivity index (χ3n) is 8.74. The van der Waals surface area contributed by atoms with Gasteiger partial charge in [0.1, 0.15) is 0 Å². The number of nitrogens with zero attached hydrogens (tertiary/aromatic N) is 3. The summed E-state index contributed by atoms with van der Waals surface area (Å²) in [6.45, 7) is 14.5. The Morgan fingerprint density at radius 1 is 0.553 bits per heavy atom. The van der Waals surface area contributed by atoms with Crippen molar-refractivity contribution in [1.82, 2.24) is 14.4 Å². The topological polar surface area (TPSA) is 45.6 Å². The Morgan fingerprint density at radius 2 is 0.915 bits per heavy atom. The zero-order valence-corrected chi connectivity index (χ0v) is 34.3. The number of hydrogen-bond acceptors (Lipinski definition) is 4. The molecule has 0 N–H and O–H groups in total. The van der Waals surface area contributed by atoms with E-state index in [9.17, 15) is 0 Å². The zero-order chi connectivity index (χ0) is 34.2. The minimum atomic E-state index is -0.000673. The van der Waals surface area contributed by atoms with Gasteiger partial charge < -0.3 is 14.4 Å². The lowest BCUT2D eigenvalue weighted by Gasteiger charge is -2.26. The molecule has 3 aromatic heterocycles. The lowest BCUT2D eigenvalue weighted by molar-refractivity contribution is 0.0714. The van der Waals surface area contributed by atoms with Gasteiger partial charge >= 0.3 is 0 Å². The molecule has 0 unspecified atom stereocenters. The Labute approximate surface area is 309 Å². The molecule has 5 nitrogen and oxygen atoms in total. The van der Waals surface area contributed by atoms with E-state index in [0.29, 0.717) is 37.3 Å². The fourth-order valence-corrected chi connectivity index (χ4v) is 8.94. The lowest BCUT2D eigenvalue weighted by Crippen LogP contribution is -2.37. The van der Waals surface area contributed by atoms with Gasteiger partial charge in [-0.2, -0.15) is 0 Å². The Hall–Kier alpha value is -1.42. The predicted octanol–water partition coefficient (Wildman–Crippen LogP) is 12.9. The maximum Gasteiger partial charge on any atom is 0.256 e. The van der Waals surface area contributed by atoms with Crippen molar-refractivity contribution in [1.29, 1.82) is 0 Å². The fraction of sp³-hybridized carbons (Fsp3) is 0.632. The summed E-state index contributed by atoms with van der Waals surface area (Å²) in [6, 6.07) is 8.38. The second-order valence-electron chi connectivity index (χ2n) is 12.6. The molecule has 3 aromatic rings.